The molecule has 104 valence electrons. The van der Waals surface area contributed by atoms with Gasteiger partial charge in [-0.05, 0) is 45.4 Å². The van der Waals surface area contributed by atoms with Crippen LogP contribution < -0.4 is 0 Å². The molecule has 0 saturated carbocycles. The average molecular weight is 301 g/mol. The molecular formula is C14H17ClO3S. The maximum atomic E-state index is 11.4. The Labute approximate surface area is 122 Å². The van der Waals surface area contributed by atoms with Crippen LogP contribution in [0.2, 0.25) is 5.02 Å². The lowest BCUT2D eigenvalue weighted by molar-refractivity contribution is -0.145. The summed E-state index contributed by atoms with van der Waals surface area (Å²) in [7, 11) is 0. The molecule has 1 rings (SSSR count). The Balaban J connectivity index is 2.95. The van der Waals surface area contributed by atoms with E-state index in [0.29, 0.717) is 16.3 Å². The lowest BCUT2D eigenvalue weighted by atomic mass is 9.97. The molecule has 19 heavy (non-hydrogen) atoms. The molecule has 1 aromatic carbocycles. The molecule has 1 N–H and O–H groups in total. The Morgan fingerprint density at radius 1 is 1.37 bits per heavy atom. The van der Waals surface area contributed by atoms with Gasteiger partial charge in [-0.1, -0.05) is 11.6 Å². The monoisotopic (exact) mass is 300 g/mol. The van der Waals surface area contributed by atoms with Crippen molar-refractivity contribution in [3.63, 3.8) is 0 Å². The molecule has 0 aromatic heterocycles. The number of aliphatic carboxylic acids is 1. The topological polar surface area (TPSA) is 54.4 Å². The fourth-order valence-electron chi connectivity index (χ4n) is 1.46. The third kappa shape index (κ3) is 3.98. The van der Waals surface area contributed by atoms with Crippen LogP contribution in [0.5, 0.6) is 0 Å². The van der Waals surface area contributed by atoms with Crippen LogP contribution in [-0.4, -0.2) is 22.6 Å². The van der Waals surface area contributed by atoms with Crippen molar-refractivity contribution in [1.82, 2.24) is 0 Å². The van der Waals surface area contributed by atoms with Gasteiger partial charge in [0.05, 0.1) is 10.4 Å². The van der Waals surface area contributed by atoms with Crippen molar-refractivity contribution in [2.45, 2.75) is 32.6 Å². The van der Waals surface area contributed by atoms with E-state index < -0.39 is 11.4 Å². The van der Waals surface area contributed by atoms with E-state index in [9.17, 15) is 9.59 Å². The van der Waals surface area contributed by atoms with Gasteiger partial charge in [0.15, 0.2) is 5.78 Å². The van der Waals surface area contributed by atoms with Gasteiger partial charge in [0.1, 0.15) is 0 Å². The van der Waals surface area contributed by atoms with Crippen LogP contribution in [0.3, 0.4) is 0 Å². The first-order chi connectivity index (χ1) is 8.65. The van der Waals surface area contributed by atoms with Gasteiger partial charge in [-0.2, -0.15) is 0 Å². The number of hydrogen-bond donors (Lipinski definition) is 1. The third-order valence-corrected chi connectivity index (χ3v) is 4.77. The molecule has 3 nitrogen and oxygen atoms in total. The number of Topliss-reactive ketones (excluding diaryl/α,β-unsaturated/α-hetero) is 1. The van der Waals surface area contributed by atoms with Crippen molar-refractivity contribution in [3.8, 4) is 0 Å². The smallest absolute Gasteiger partial charge is 0.309 e. The third-order valence-electron chi connectivity index (χ3n) is 2.83. The summed E-state index contributed by atoms with van der Waals surface area (Å²) in [6.45, 7) is 6.69. The van der Waals surface area contributed by atoms with Gasteiger partial charge in [-0.15, -0.1) is 11.8 Å². The summed E-state index contributed by atoms with van der Waals surface area (Å²) in [5.74, 6) is -0.448. The second-order valence-corrected chi connectivity index (χ2v) is 6.56. The number of hydrogen-bond acceptors (Lipinski definition) is 3. The van der Waals surface area contributed by atoms with E-state index in [2.05, 4.69) is 0 Å². The number of halogens is 1. The highest BCUT2D eigenvalue weighted by Crippen LogP contribution is 2.34. The van der Waals surface area contributed by atoms with E-state index in [1.807, 2.05) is 13.0 Å². The zero-order valence-corrected chi connectivity index (χ0v) is 13.0. The minimum atomic E-state index is -0.840. The fraction of sp³-hybridized carbons (Fsp3) is 0.429. The predicted molar refractivity (Wildman–Crippen MR) is 78.3 cm³/mol. The van der Waals surface area contributed by atoms with Gasteiger partial charge in [-0.3, -0.25) is 9.59 Å². The van der Waals surface area contributed by atoms with Crippen LogP contribution in [0.15, 0.2) is 17.0 Å². The second kappa shape index (κ2) is 5.97. The zero-order chi connectivity index (χ0) is 14.8. The SMILES string of the molecule is CC(=O)c1cc(Cl)c(SCC(C)(C)C(=O)O)cc1C. The minimum Gasteiger partial charge on any atom is -0.481 e. The van der Waals surface area contributed by atoms with Gasteiger partial charge < -0.3 is 5.11 Å². The molecule has 0 fully saturated rings. The first-order valence-corrected chi connectivity index (χ1v) is 7.19. The molecule has 0 unspecified atom stereocenters. The standard InChI is InChI=1S/C14H17ClO3S/c1-8-5-12(11(15)6-10(8)9(2)16)19-7-14(3,4)13(17)18/h5-6H,7H2,1-4H3,(H,17,18). The highest BCUT2D eigenvalue weighted by molar-refractivity contribution is 7.99. The number of rotatable bonds is 5. The largest absolute Gasteiger partial charge is 0.481 e. The number of thioether (sulfide) groups is 1. The summed E-state index contributed by atoms with van der Waals surface area (Å²) in [6.07, 6.45) is 0. The number of carbonyl (C=O) groups excluding carboxylic acids is 1. The van der Waals surface area contributed by atoms with Gasteiger partial charge in [0.25, 0.3) is 0 Å². The quantitative estimate of drug-likeness (QED) is 0.658. The highest BCUT2D eigenvalue weighted by Gasteiger charge is 2.27. The normalized spacial score (nSPS) is 11.4. The molecule has 0 aliphatic carbocycles. The molecule has 0 bridgehead atoms. The lowest BCUT2D eigenvalue weighted by Gasteiger charge is -2.19. The first-order valence-electron chi connectivity index (χ1n) is 5.82. The molecular weight excluding hydrogens is 284 g/mol. The fourth-order valence-corrected chi connectivity index (χ4v) is 2.89. The number of ketones is 1. The molecule has 0 saturated heterocycles. The summed E-state index contributed by atoms with van der Waals surface area (Å²) < 4.78 is 0. The van der Waals surface area contributed by atoms with Crippen LogP contribution >= 0.6 is 23.4 Å². The van der Waals surface area contributed by atoms with Crippen LogP contribution in [0.4, 0.5) is 0 Å². The molecule has 0 aliphatic rings. The van der Waals surface area contributed by atoms with E-state index in [1.165, 1.54) is 18.7 Å². The number of benzene rings is 1. The molecule has 0 amide bonds. The molecule has 1 aromatic rings. The van der Waals surface area contributed by atoms with Crippen LogP contribution in [0.1, 0.15) is 36.7 Å². The van der Waals surface area contributed by atoms with E-state index in [0.717, 1.165) is 10.5 Å². The Morgan fingerprint density at radius 2 is 1.95 bits per heavy atom. The maximum absolute atomic E-state index is 11.4. The zero-order valence-electron chi connectivity index (χ0n) is 11.4. The summed E-state index contributed by atoms with van der Waals surface area (Å²) in [5.41, 5.74) is 0.639. The van der Waals surface area contributed by atoms with Crippen LogP contribution in [0.25, 0.3) is 0 Å². The van der Waals surface area contributed by atoms with Crippen LogP contribution in [0, 0.1) is 12.3 Å². The Hall–Kier alpha value is -1.00. The van der Waals surface area contributed by atoms with Crippen molar-refractivity contribution in [2.24, 2.45) is 5.41 Å². The van der Waals surface area contributed by atoms with Gasteiger partial charge in [-0.25, -0.2) is 0 Å². The highest BCUT2D eigenvalue weighted by atomic mass is 35.5. The van der Waals surface area contributed by atoms with Crippen LogP contribution in [-0.2, 0) is 4.79 Å². The Kier molecular flexibility index (Phi) is 5.04. The maximum Gasteiger partial charge on any atom is 0.309 e. The molecule has 0 aliphatic heterocycles. The van der Waals surface area contributed by atoms with Gasteiger partial charge >= 0.3 is 5.97 Å². The molecule has 0 atom stereocenters. The van der Waals surface area contributed by atoms with Crippen molar-refractivity contribution >= 4 is 35.1 Å². The van der Waals surface area contributed by atoms with E-state index >= 15 is 0 Å². The summed E-state index contributed by atoms with van der Waals surface area (Å²) >= 11 is 7.53. The number of carboxylic acids is 1. The summed E-state index contributed by atoms with van der Waals surface area (Å²) in [5, 5.41) is 9.56. The predicted octanol–water partition coefficient (Wildman–Crippen LogP) is 4.05. The summed E-state index contributed by atoms with van der Waals surface area (Å²) in [4.78, 5) is 23.2. The second-order valence-electron chi connectivity index (χ2n) is 5.13. The number of carboxylic acid groups (broad SMARTS) is 1. The van der Waals surface area contributed by atoms with E-state index in [1.54, 1.807) is 19.9 Å². The number of carbonyl (C=O) groups is 2. The Bertz CT molecular complexity index is 524. The molecule has 0 radical (unpaired) electrons. The molecule has 5 heteroatoms. The van der Waals surface area contributed by atoms with Crippen molar-refractivity contribution in [2.75, 3.05) is 5.75 Å². The molecule has 0 heterocycles. The van der Waals surface area contributed by atoms with Gasteiger partial charge in [0.2, 0.25) is 0 Å². The summed E-state index contributed by atoms with van der Waals surface area (Å²) in [6, 6.07) is 3.48. The number of aryl methyl sites for hydroxylation is 1. The Morgan fingerprint density at radius 3 is 2.42 bits per heavy atom. The van der Waals surface area contributed by atoms with E-state index in [4.69, 9.17) is 16.7 Å². The van der Waals surface area contributed by atoms with Crippen molar-refractivity contribution in [1.29, 1.82) is 0 Å². The van der Waals surface area contributed by atoms with E-state index in [-0.39, 0.29) is 5.78 Å². The average Bonchev–Trinajstić information content (AvgIpc) is 2.29. The minimum absolute atomic E-state index is 0.0261. The lowest BCUT2D eigenvalue weighted by Crippen LogP contribution is -2.26. The van der Waals surface area contributed by atoms with Crippen molar-refractivity contribution < 1.29 is 14.7 Å². The first kappa shape index (κ1) is 16.1. The van der Waals surface area contributed by atoms with Gasteiger partial charge in [0, 0.05) is 16.2 Å². The van der Waals surface area contributed by atoms with Crippen molar-refractivity contribution in [3.05, 3.63) is 28.3 Å². The molecule has 0 spiro atoms.